The molecule has 10 heteroatoms. The Morgan fingerprint density at radius 1 is 1.29 bits per heavy atom. The average molecular weight is 413 g/mol. The summed E-state index contributed by atoms with van der Waals surface area (Å²) < 4.78 is 36.8. The van der Waals surface area contributed by atoms with Gasteiger partial charge in [0.1, 0.15) is 5.69 Å². The van der Waals surface area contributed by atoms with Gasteiger partial charge in [-0.3, -0.25) is 4.79 Å². The SMILES string of the molecule is CCOC(=O)c1ccc(C(=O)NCCS(=O)(=O)N2CC(C)OC(C)C2)nc1C. The maximum absolute atomic E-state index is 12.5. The van der Waals surface area contributed by atoms with Gasteiger partial charge in [-0.25, -0.2) is 18.2 Å². The third-order valence-electron chi connectivity index (χ3n) is 4.24. The molecule has 1 aromatic rings. The van der Waals surface area contributed by atoms with E-state index in [1.54, 1.807) is 13.8 Å². The largest absolute Gasteiger partial charge is 0.462 e. The first-order valence-electron chi connectivity index (χ1n) is 9.20. The molecule has 2 heterocycles. The fourth-order valence-corrected chi connectivity index (χ4v) is 4.48. The first-order chi connectivity index (χ1) is 13.1. The van der Waals surface area contributed by atoms with Crippen LogP contribution in [0, 0.1) is 6.92 Å². The first-order valence-corrected chi connectivity index (χ1v) is 10.8. The Balaban J connectivity index is 1.93. The number of nitrogens with zero attached hydrogens (tertiary/aromatic N) is 2. The fourth-order valence-electron chi connectivity index (χ4n) is 2.98. The quantitative estimate of drug-likeness (QED) is 0.656. The molecule has 2 rings (SSSR count). The molecule has 0 bridgehead atoms. The highest BCUT2D eigenvalue weighted by molar-refractivity contribution is 7.89. The van der Waals surface area contributed by atoms with Crippen LogP contribution < -0.4 is 5.32 Å². The molecule has 28 heavy (non-hydrogen) atoms. The molecule has 1 amide bonds. The van der Waals surface area contributed by atoms with E-state index in [-0.39, 0.29) is 42.4 Å². The number of nitrogens with one attached hydrogen (secondary N) is 1. The van der Waals surface area contributed by atoms with Crippen molar-refractivity contribution in [3.8, 4) is 0 Å². The van der Waals surface area contributed by atoms with Gasteiger partial charge < -0.3 is 14.8 Å². The summed E-state index contributed by atoms with van der Waals surface area (Å²) in [5, 5.41) is 2.56. The zero-order chi connectivity index (χ0) is 20.9. The highest BCUT2D eigenvalue weighted by Gasteiger charge is 2.30. The maximum Gasteiger partial charge on any atom is 0.339 e. The molecule has 1 N–H and O–H groups in total. The highest BCUT2D eigenvalue weighted by atomic mass is 32.2. The van der Waals surface area contributed by atoms with Gasteiger partial charge in [0, 0.05) is 19.6 Å². The molecule has 1 aromatic heterocycles. The predicted molar refractivity (Wildman–Crippen MR) is 103 cm³/mol. The monoisotopic (exact) mass is 413 g/mol. The molecule has 1 fully saturated rings. The van der Waals surface area contributed by atoms with Crippen molar-refractivity contribution in [2.45, 2.75) is 39.9 Å². The summed E-state index contributed by atoms with van der Waals surface area (Å²) in [6, 6.07) is 2.89. The molecular weight excluding hydrogens is 386 g/mol. The highest BCUT2D eigenvalue weighted by Crippen LogP contribution is 2.14. The van der Waals surface area contributed by atoms with Gasteiger partial charge in [-0.2, -0.15) is 4.31 Å². The zero-order valence-corrected chi connectivity index (χ0v) is 17.4. The molecule has 0 aliphatic carbocycles. The van der Waals surface area contributed by atoms with Crippen molar-refractivity contribution in [3.63, 3.8) is 0 Å². The number of sulfonamides is 1. The van der Waals surface area contributed by atoms with Crippen LogP contribution in [0.1, 0.15) is 47.3 Å². The van der Waals surface area contributed by atoms with E-state index in [1.807, 2.05) is 13.8 Å². The van der Waals surface area contributed by atoms with E-state index in [0.29, 0.717) is 18.8 Å². The predicted octanol–water partition coefficient (Wildman–Crippen LogP) is 0.736. The van der Waals surface area contributed by atoms with Crippen LogP contribution >= 0.6 is 0 Å². The van der Waals surface area contributed by atoms with E-state index in [2.05, 4.69) is 10.3 Å². The molecule has 0 spiro atoms. The molecule has 0 radical (unpaired) electrons. The fraction of sp³-hybridized carbons (Fsp3) is 0.611. The van der Waals surface area contributed by atoms with Gasteiger partial charge in [-0.15, -0.1) is 0 Å². The number of hydrogen-bond donors (Lipinski definition) is 1. The van der Waals surface area contributed by atoms with Crippen molar-refractivity contribution in [1.29, 1.82) is 0 Å². The first kappa shape index (κ1) is 22.3. The number of morpholine rings is 1. The normalized spacial score (nSPS) is 20.6. The molecule has 156 valence electrons. The summed E-state index contributed by atoms with van der Waals surface area (Å²) in [7, 11) is -3.50. The van der Waals surface area contributed by atoms with E-state index in [1.165, 1.54) is 16.4 Å². The lowest BCUT2D eigenvalue weighted by Gasteiger charge is -2.34. The van der Waals surface area contributed by atoms with Crippen LogP contribution in [0.4, 0.5) is 0 Å². The minimum absolute atomic E-state index is 0.0400. The Bertz CT molecular complexity index is 817. The van der Waals surface area contributed by atoms with Crippen LogP contribution in [0.15, 0.2) is 12.1 Å². The van der Waals surface area contributed by atoms with E-state index < -0.39 is 21.9 Å². The number of amides is 1. The van der Waals surface area contributed by atoms with Crippen LogP contribution in [0.25, 0.3) is 0 Å². The minimum Gasteiger partial charge on any atom is -0.462 e. The van der Waals surface area contributed by atoms with Crippen molar-refractivity contribution in [1.82, 2.24) is 14.6 Å². The van der Waals surface area contributed by atoms with Crippen molar-refractivity contribution in [2.24, 2.45) is 0 Å². The molecule has 1 saturated heterocycles. The maximum atomic E-state index is 12.5. The number of hydrogen-bond acceptors (Lipinski definition) is 7. The van der Waals surface area contributed by atoms with Crippen LogP contribution in [0.5, 0.6) is 0 Å². The lowest BCUT2D eigenvalue weighted by molar-refractivity contribution is -0.0440. The van der Waals surface area contributed by atoms with Gasteiger partial charge in [-0.1, -0.05) is 0 Å². The Morgan fingerprint density at radius 2 is 1.93 bits per heavy atom. The van der Waals surface area contributed by atoms with Crippen LogP contribution in [0.3, 0.4) is 0 Å². The van der Waals surface area contributed by atoms with Crippen molar-refractivity contribution in [3.05, 3.63) is 29.1 Å². The number of pyridine rings is 1. The minimum atomic E-state index is -3.50. The smallest absolute Gasteiger partial charge is 0.339 e. The Labute approximate surface area is 165 Å². The van der Waals surface area contributed by atoms with E-state index in [9.17, 15) is 18.0 Å². The lowest BCUT2D eigenvalue weighted by Crippen LogP contribution is -2.49. The van der Waals surface area contributed by atoms with E-state index in [4.69, 9.17) is 9.47 Å². The van der Waals surface area contributed by atoms with Crippen molar-refractivity contribution < 1.29 is 27.5 Å². The zero-order valence-electron chi connectivity index (χ0n) is 16.6. The Morgan fingerprint density at radius 3 is 2.50 bits per heavy atom. The third kappa shape index (κ3) is 5.73. The standard InChI is InChI=1S/C18H27N3O6S/c1-5-26-18(23)15-6-7-16(20-14(15)4)17(22)19-8-9-28(24,25)21-10-12(2)27-13(3)11-21/h6-7,12-13H,5,8-11H2,1-4H3,(H,19,22). The molecule has 1 aliphatic rings. The molecule has 9 nitrogen and oxygen atoms in total. The Kier molecular flexibility index (Phi) is 7.50. The van der Waals surface area contributed by atoms with E-state index >= 15 is 0 Å². The van der Waals surface area contributed by atoms with Gasteiger partial charge in [0.15, 0.2) is 0 Å². The number of esters is 1. The van der Waals surface area contributed by atoms with E-state index in [0.717, 1.165) is 0 Å². The Hall–Kier alpha value is -2.04. The van der Waals surface area contributed by atoms with Gasteiger partial charge in [0.05, 0.1) is 35.8 Å². The molecule has 1 aliphatic heterocycles. The molecular formula is C18H27N3O6S. The lowest BCUT2D eigenvalue weighted by atomic mass is 10.2. The number of aryl methyl sites for hydroxylation is 1. The van der Waals surface area contributed by atoms with Gasteiger partial charge in [-0.05, 0) is 39.8 Å². The summed E-state index contributed by atoms with van der Waals surface area (Å²) in [6.07, 6.45) is -0.337. The summed E-state index contributed by atoms with van der Waals surface area (Å²) in [5.41, 5.74) is 0.767. The molecule has 0 saturated carbocycles. The third-order valence-corrected chi connectivity index (χ3v) is 6.04. The number of ether oxygens (including phenoxy) is 2. The number of aromatic nitrogens is 1. The van der Waals surface area contributed by atoms with Crippen LogP contribution in [0.2, 0.25) is 0 Å². The second kappa shape index (κ2) is 9.44. The summed E-state index contributed by atoms with van der Waals surface area (Å²) in [5.74, 6) is -1.21. The summed E-state index contributed by atoms with van der Waals surface area (Å²) in [6.45, 7) is 7.77. The molecule has 2 atom stereocenters. The number of carbonyl (C=O) groups is 2. The van der Waals surface area contributed by atoms with Crippen LogP contribution in [-0.4, -0.2) is 73.8 Å². The van der Waals surface area contributed by atoms with Crippen molar-refractivity contribution >= 4 is 21.9 Å². The molecule has 0 aromatic carbocycles. The topological polar surface area (TPSA) is 115 Å². The van der Waals surface area contributed by atoms with Crippen LogP contribution in [-0.2, 0) is 19.5 Å². The second-order valence-corrected chi connectivity index (χ2v) is 8.78. The summed E-state index contributed by atoms with van der Waals surface area (Å²) >= 11 is 0. The number of rotatable bonds is 7. The van der Waals surface area contributed by atoms with Gasteiger partial charge in [0.25, 0.3) is 5.91 Å². The second-order valence-electron chi connectivity index (χ2n) is 6.70. The summed E-state index contributed by atoms with van der Waals surface area (Å²) in [4.78, 5) is 28.1. The van der Waals surface area contributed by atoms with Gasteiger partial charge >= 0.3 is 5.97 Å². The van der Waals surface area contributed by atoms with Gasteiger partial charge in [0.2, 0.25) is 10.0 Å². The number of carbonyl (C=O) groups excluding carboxylic acids is 2. The molecule has 2 unspecified atom stereocenters. The van der Waals surface area contributed by atoms with Crippen molar-refractivity contribution in [2.75, 3.05) is 32.0 Å². The average Bonchev–Trinajstić information content (AvgIpc) is 2.60.